The fourth-order valence-electron chi connectivity index (χ4n) is 4.57. The Morgan fingerprint density at radius 2 is 2.00 bits per heavy atom. The third-order valence-electron chi connectivity index (χ3n) is 6.51. The van der Waals surface area contributed by atoms with Crippen LogP contribution in [0.2, 0.25) is 0 Å². The van der Waals surface area contributed by atoms with E-state index < -0.39 is 0 Å². The summed E-state index contributed by atoms with van der Waals surface area (Å²) in [6.45, 7) is 8.25. The molecule has 2 aliphatic heterocycles. The molecule has 8 heteroatoms. The van der Waals surface area contributed by atoms with Crippen LogP contribution in [0.1, 0.15) is 17.3 Å². The highest BCUT2D eigenvalue weighted by molar-refractivity contribution is 7.95. The number of carbonyl (C=O) groups excluding carboxylic acids is 1. The number of rotatable bonds is 1. The highest BCUT2D eigenvalue weighted by Crippen LogP contribution is 2.36. The molecule has 2 aliphatic rings. The molecule has 0 aliphatic carbocycles. The van der Waals surface area contributed by atoms with Crippen LogP contribution in [0.15, 0.2) is 48.5 Å². The Morgan fingerprint density at radius 3 is 2.88 bits per heavy atom. The lowest BCUT2D eigenvalue weighted by atomic mass is 10.1. The van der Waals surface area contributed by atoms with Gasteiger partial charge in [-0.25, -0.2) is 4.31 Å². The molecule has 0 fully saturated rings. The van der Waals surface area contributed by atoms with Crippen LogP contribution in [0.5, 0.6) is 5.75 Å². The zero-order valence-corrected chi connectivity index (χ0v) is 20.0. The number of fused-ring (bicyclic) bond motifs is 4. The number of nitrogens with one attached hydrogen (secondary N) is 2. The number of likely N-dealkylation sites (N-methyl/N-ethyl adjacent to an activating group) is 2. The number of aromatic nitrogens is 1. The second-order valence-corrected chi connectivity index (χ2v) is 9.69. The van der Waals surface area contributed by atoms with Crippen LogP contribution in [-0.4, -0.2) is 72.1 Å². The number of hydrogen-bond donors (Lipinski definition) is 2. The summed E-state index contributed by atoms with van der Waals surface area (Å²) in [6, 6.07) is 16.6. The van der Waals surface area contributed by atoms with Gasteiger partial charge in [-0.05, 0) is 43.9 Å². The Morgan fingerprint density at radius 1 is 1.12 bits per heavy atom. The van der Waals surface area contributed by atoms with E-state index in [0.717, 1.165) is 67.2 Å². The molecule has 33 heavy (non-hydrogen) atoms. The standard InChI is InChI=1S/C25H31N5O2S/c1-3-29-11-10-26-20-16-30-22-15-19(25(31)27-33-28(2)12-13-29)9-8-18(22)14-23(30)21-6-4-5-7-24(21)32-17-20/h4-9,14-15,20,26H,3,10-13,16-17H2,1-2H3,(H,27,31). The van der Waals surface area contributed by atoms with Gasteiger partial charge in [0.15, 0.2) is 0 Å². The minimum Gasteiger partial charge on any atom is -0.491 e. The van der Waals surface area contributed by atoms with E-state index >= 15 is 0 Å². The molecular formula is C25H31N5O2S. The molecule has 0 radical (unpaired) electrons. The van der Waals surface area contributed by atoms with Gasteiger partial charge in [-0.1, -0.05) is 25.1 Å². The summed E-state index contributed by atoms with van der Waals surface area (Å²) >= 11 is 1.36. The Labute approximate surface area is 199 Å². The van der Waals surface area contributed by atoms with Crippen LogP contribution in [0.3, 0.4) is 0 Å². The van der Waals surface area contributed by atoms with Crippen molar-refractivity contribution in [2.75, 3.05) is 46.4 Å². The molecule has 0 spiro atoms. The Kier molecular flexibility index (Phi) is 6.59. The fourth-order valence-corrected chi connectivity index (χ4v) is 5.10. The van der Waals surface area contributed by atoms with Crippen molar-refractivity contribution in [3.05, 3.63) is 54.1 Å². The molecule has 5 rings (SSSR count). The predicted molar refractivity (Wildman–Crippen MR) is 134 cm³/mol. The molecular weight excluding hydrogens is 434 g/mol. The van der Waals surface area contributed by atoms with E-state index in [9.17, 15) is 4.79 Å². The second kappa shape index (κ2) is 9.77. The van der Waals surface area contributed by atoms with Crippen molar-refractivity contribution in [1.82, 2.24) is 23.8 Å². The summed E-state index contributed by atoms with van der Waals surface area (Å²) in [5.74, 6) is 0.822. The van der Waals surface area contributed by atoms with Crippen molar-refractivity contribution in [1.29, 1.82) is 0 Å². The van der Waals surface area contributed by atoms with Gasteiger partial charge in [-0.15, -0.1) is 0 Å². The second-order valence-electron chi connectivity index (χ2n) is 8.68. The van der Waals surface area contributed by atoms with Gasteiger partial charge in [0.1, 0.15) is 12.4 Å². The highest BCUT2D eigenvalue weighted by Gasteiger charge is 2.23. The average Bonchev–Trinajstić information content (AvgIpc) is 3.18. The Bertz CT molecular complexity index is 1150. The van der Waals surface area contributed by atoms with Crippen LogP contribution in [-0.2, 0) is 6.54 Å². The summed E-state index contributed by atoms with van der Waals surface area (Å²) in [6.07, 6.45) is 0. The van der Waals surface area contributed by atoms with E-state index in [1.807, 2.05) is 43.4 Å². The summed E-state index contributed by atoms with van der Waals surface area (Å²) in [5, 5.41) is 4.86. The van der Waals surface area contributed by atoms with E-state index in [4.69, 9.17) is 4.74 Å². The van der Waals surface area contributed by atoms with Gasteiger partial charge in [0.05, 0.1) is 11.7 Å². The quantitative estimate of drug-likeness (QED) is 0.538. The van der Waals surface area contributed by atoms with Crippen molar-refractivity contribution in [2.45, 2.75) is 19.5 Å². The van der Waals surface area contributed by atoms with Gasteiger partial charge < -0.3 is 19.5 Å². The van der Waals surface area contributed by atoms with Gasteiger partial charge in [0.25, 0.3) is 5.91 Å². The van der Waals surface area contributed by atoms with Crippen molar-refractivity contribution in [2.24, 2.45) is 0 Å². The molecule has 1 atom stereocenters. The van der Waals surface area contributed by atoms with E-state index in [2.05, 4.69) is 42.9 Å². The van der Waals surface area contributed by atoms with Crippen molar-refractivity contribution in [3.63, 3.8) is 0 Å². The molecule has 0 saturated carbocycles. The predicted octanol–water partition coefficient (Wildman–Crippen LogP) is 3.22. The maximum Gasteiger partial charge on any atom is 0.262 e. The largest absolute Gasteiger partial charge is 0.491 e. The first-order valence-electron chi connectivity index (χ1n) is 11.6. The van der Waals surface area contributed by atoms with Gasteiger partial charge in [-0.2, -0.15) is 0 Å². The molecule has 7 nitrogen and oxygen atoms in total. The molecule has 2 N–H and O–H groups in total. The normalized spacial score (nSPS) is 20.8. The minimum atomic E-state index is -0.0759. The molecule has 3 aromatic rings. The Hall–Kier alpha value is -2.52. The first-order chi connectivity index (χ1) is 16.1. The first kappa shape index (κ1) is 22.3. The maximum absolute atomic E-state index is 12.9. The topological polar surface area (TPSA) is 61.8 Å². The number of para-hydroxylation sites is 1. The third kappa shape index (κ3) is 4.75. The van der Waals surface area contributed by atoms with Crippen LogP contribution in [0.4, 0.5) is 0 Å². The van der Waals surface area contributed by atoms with Crippen molar-refractivity contribution >= 4 is 28.9 Å². The number of carbonyl (C=O) groups is 1. The van der Waals surface area contributed by atoms with E-state index in [1.165, 1.54) is 12.1 Å². The molecule has 1 aromatic heterocycles. The summed E-state index contributed by atoms with van der Waals surface area (Å²) in [7, 11) is 2.01. The SMILES string of the molecule is CCN1CCNC2COc3ccccc3-c3cc4ccc(cc4n3C2)C(=O)NSN(C)CC1. The van der Waals surface area contributed by atoms with E-state index in [0.29, 0.717) is 12.2 Å². The maximum atomic E-state index is 12.9. The summed E-state index contributed by atoms with van der Waals surface area (Å²) < 4.78 is 13.7. The highest BCUT2D eigenvalue weighted by atomic mass is 32.2. The van der Waals surface area contributed by atoms with E-state index in [1.54, 1.807) is 0 Å². The Balaban J connectivity index is 1.58. The molecule has 4 bridgehead atoms. The lowest BCUT2D eigenvalue weighted by Crippen LogP contribution is -2.44. The fraction of sp³-hybridized carbons (Fsp3) is 0.400. The van der Waals surface area contributed by atoms with Crippen LogP contribution in [0, 0.1) is 0 Å². The monoisotopic (exact) mass is 465 g/mol. The molecule has 0 saturated heterocycles. The lowest BCUT2D eigenvalue weighted by Gasteiger charge is -2.28. The molecule has 2 aromatic carbocycles. The van der Waals surface area contributed by atoms with Gasteiger partial charge in [-0.3, -0.25) is 9.52 Å². The van der Waals surface area contributed by atoms with Crippen LogP contribution < -0.4 is 14.8 Å². The molecule has 1 unspecified atom stereocenters. The number of amides is 1. The van der Waals surface area contributed by atoms with Crippen LogP contribution >= 0.6 is 12.1 Å². The number of ether oxygens (including phenoxy) is 1. The summed E-state index contributed by atoms with van der Waals surface area (Å²) in [4.78, 5) is 15.3. The molecule has 1 amide bonds. The third-order valence-corrected chi connectivity index (χ3v) is 7.28. The zero-order valence-electron chi connectivity index (χ0n) is 19.2. The van der Waals surface area contributed by atoms with Crippen molar-refractivity contribution < 1.29 is 9.53 Å². The average molecular weight is 466 g/mol. The minimum absolute atomic E-state index is 0.0759. The summed E-state index contributed by atoms with van der Waals surface area (Å²) in [5.41, 5.74) is 3.95. The van der Waals surface area contributed by atoms with Gasteiger partial charge in [0, 0.05) is 66.9 Å². The first-order valence-corrected chi connectivity index (χ1v) is 12.4. The van der Waals surface area contributed by atoms with Crippen molar-refractivity contribution in [3.8, 4) is 17.0 Å². The number of nitrogens with zero attached hydrogens (tertiary/aromatic N) is 3. The molecule has 3 heterocycles. The van der Waals surface area contributed by atoms with Crippen LogP contribution in [0.25, 0.3) is 22.2 Å². The number of hydrogen-bond acceptors (Lipinski definition) is 6. The number of benzene rings is 2. The van der Waals surface area contributed by atoms with E-state index in [-0.39, 0.29) is 11.9 Å². The van der Waals surface area contributed by atoms with Gasteiger partial charge >= 0.3 is 0 Å². The van der Waals surface area contributed by atoms with Gasteiger partial charge in [0.2, 0.25) is 0 Å². The molecule has 174 valence electrons. The lowest BCUT2D eigenvalue weighted by molar-refractivity contribution is 0.0983. The smallest absolute Gasteiger partial charge is 0.262 e. The zero-order chi connectivity index (χ0) is 22.8.